The lowest BCUT2D eigenvalue weighted by atomic mass is 10.2. The van der Waals surface area contributed by atoms with E-state index in [1.807, 2.05) is 37.4 Å². The number of hydrogen-bond acceptors (Lipinski definition) is 3. The van der Waals surface area contributed by atoms with Crippen molar-refractivity contribution >= 4 is 5.69 Å². The van der Waals surface area contributed by atoms with Crippen LogP contribution in [0.3, 0.4) is 0 Å². The zero-order valence-corrected chi connectivity index (χ0v) is 9.89. The summed E-state index contributed by atoms with van der Waals surface area (Å²) in [5.74, 6) is 0. The summed E-state index contributed by atoms with van der Waals surface area (Å²) in [6.07, 6.45) is 1.78. The minimum Gasteiger partial charge on any atom is -0.388 e. The minimum atomic E-state index is 0.532. The van der Waals surface area contributed by atoms with Gasteiger partial charge in [-0.25, -0.2) is 0 Å². The van der Waals surface area contributed by atoms with Gasteiger partial charge in [-0.3, -0.25) is 4.98 Å². The number of pyridine rings is 1. The number of nitrogens with one attached hydrogen (secondary N) is 1. The van der Waals surface area contributed by atoms with E-state index in [1.165, 1.54) is 5.56 Å². The third-order valence-electron chi connectivity index (χ3n) is 2.47. The number of aromatic nitrogens is 1. The van der Waals surface area contributed by atoms with Gasteiger partial charge in [0.2, 0.25) is 0 Å². The molecule has 0 aliphatic heterocycles. The number of ether oxygens (including phenoxy) is 1. The molecule has 0 saturated carbocycles. The summed E-state index contributed by atoms with van der Waals surface area (Å²) in [5.41, 5.74) is 3.17. The van der Waals surface area contributed by atoms with Crippen molar-refractivity contribution in [2.75, 3.05) is 12.4 Å². The van der Waals surface area contributed by atoms with Gasteiger partial charge in [0.25, 0.3) is 0 Å². The van der Waals surface area contributed by atoms with Gasteiger partial charge in [0.15, 0.2) is 0 Å². The third kappa shape index (κ3) is 3.57. The van der Waals surface area contributed by atoms with Gasteiger partial charge in [0.05, 0.1) is 18.9 Å². The lowest BCUT2D eigenvalue weighted by molar-refractivity contribution is 0.104. The first-order valence-electron chi connectivity index (χ1n) is 5.63. The molecule has 0 aliphatic rings. The Hall–Kier alpha value is -1.87. The first kappa shape index (κ1) is 11.6. The van der Waals surface area contributed by atoms with E-state index in [0.29, 0.717) is 13.2 Å². The fourth-order valence-corrected chi connectivity index (χ4v) is 1.56. The average Bonchev–Trinajstić information content (AvgIpc) is 2.40. The van der Waals surface area contributed by atoms with E-state index >= 15 is 0 Å². The fraction of sp³-hybridized carbons (Fsp3) is 0.214. The Morgan fingerprint density at radius 1 is 1.12 bits per heavy atom. The van der Waals surface area contributed by atoms with Crippen LogP contribution in [0.2, 0.25) is 0 Å². The van der Waals surface area contributed by atoms with E-state index in [0.717, 1.165) is 11.4 Å². The van der Waals surface area contributed by atoms with Crippen LogP contribution < -0.4 is 5.32 Å². The van der Waals surface area contributed by atoms with Gasteiger partial charge >= 0.3 is 0 Å². The van der Waals surface area contributed by atoms with Crippen LogP contribution in [-0.4, -0.2) is 12.0 Å². The van der Waals surface area contributed by atoms with E-state index in [-0.39, 0.29) is 0 Å². The first-order chi connectivity index (χ1) is 8.38. The molecule has 0 aliphatic carbocycles. The molecule has 1 aromatic heterocycles. The van der Waals surface area contributed by atoms with Crippen molar-refractivity contribution in [3.8, 4) is 0 Å². The normalized spacial score (nSPS) is 10.2. The summed E-state index contributed by atoms with van der Waals surface area (Å²) in [6, 6.07) is 14.1. The Morgan fingerprint density at radius 3 is 2.71 bits per heavy atom. The Kier molecular flexibility index (Phi) is 4.11. The highest BCUT2D eigenvalue weighted by Crippen LogP contribution is 2.09. The SMILES string of the molecule is CNc1ccnc(COCc2ccccc2)c1. The molecule has 1 N–H and O–H groups in total. The van der Waals surface area contributed by atoms with Crippen LogP contribution in [0.5, 0.6) is 0 Å². The molecule has 0 bridgehead atoms. The van der Waals surface area contributed by atoms with Gasteiger partial charge in [0, 0.05) is 18.9 Å². The monoisotopic (exact) mass is 228 g/mol. The van der Waals surface area contributed by atoms with Crippen LogP contribution in [0.25, 0.3) is 0 Å². The zero-order valence-electron chi connectivity index (χ0n) is 9.89. The molecule has 0 radical (unpaired) electrons. The van der Waals surface area contributed by atoms with E-state index in [2.05, 4.69) is 22.4 Å². The van der Waals surface area contributed by atoms with Crippen molar-refractivity contribution in [1.82, 2.24) is 4.98 Å². The van der Waals surface area contributed by atoms with Crippen molar-refractivity contribution in [2.24, 2.45) is 0 Å². The van der Waals surface area contributed by atoms with Crippen molar-refractivity contribution in [2.45, 2.75) is 13.2 Å². The van der Waals surface area contributed by atoms with Crippen LogP contribution in [-0.2, 0) is 18.0 Å². The second kappa shape index (κ2) is 6.01. The molecule has 0 fully saturated rings. The molecule has 0 saturated heterocycles. The highest BCUT2D eigenvalue weighted by Gasteiger charge is 1.97. The quantitative estimate of drug-likeness (QED) is 0.854. The minimum absolute atomic E-state index is 0.532. The van der Waals surface area contributed by atoms with Crippen LogP contribution in [0.1, 0.15) is 11.3 Å². The van der Waals surface area contributed by atoms with Crippen molar-refractivity contribution in [3.63, 3.8) is 0 Å². The summed E-state index contributed by atoms with van der Waals surface area (Å²) in [5, 5.41) is 3.08. The second-order valence-electron chi connectivity index (χ2n) is 3.76. The molecule has 2 rings (SSSR count). The molecule has 1 heterocycles. The molecule has 3 nitrogen and oxygen atoms in total. The fourth-order valence-electron chi connectivity index (χ4n) is 1.56. The van der Waals surface area contributed by atoms with Gasteiger partial charge in [-0.2, -0.15) is 0 Å². The van der Waals surface area contributed by atoms with Crippen LogP contribution in [0.15, 0.2) is 48.7 Å². The largest absolute Gasteiger partial charge is 0.388 e. The first-order valence-corrected chi connectivity index (χ1v) is 5.63. The average molecular weight is 228 g/mol. The van der Waals surface area contributed by atoms with Crippen molar-refractivity contribution < 1.29 is 4.74 Å². The van der Waals surface area contributed by atoms with E-state index in [1.54, 1.807) is 6.20 Å². The third-order valence-corrected chi connectivity index (χ3v) is 2.47. The Morgan fingerprint density at radius 2 is 1.94 bits per heavy atom. The van der Waals surface area contributed by atoms with Crippen LogP contribution in [0.4, 0.5) is 5.69 Å². The molecule has 0 unspecified atom stereocenters. The molecule has 88 valence electrons. The number of hydrogen-bond donors (Lipinski definition) is 1. The maximum Gasteiger partial charge on any atom is 0.0893 e. The molecule has 0 amide bonds. The van der Waals surface area contributed by atoms with E-state index < -0.39 is 0 Å². The number of anilines is 1. The molecule has 2 aromatic rings. The highest BCUT2D eigenvalue weighted by atomic mass is 16.5. The predicted molar refractivity (Wildman–Crippen MR) is 68.7 cm³/mol. The molecule has 3 heteroatoms. The topological polar surface area (TPSA) is 34.2 Å². The van der Waals surface area contributed by atoms with Gasteiger partial charge in [-0.05, 0) is 17.7 Å². The molecule has 0 spiro atoms. The smallest absolute Gasteiger partial charge is 0.0893 e. The predicted octanol–water partition coefficient (Wildman–Crippen LogP) is 2.84. The van der Waals surface area contributed by atoms with Gasteiger partial charge in [0.1, 0.15) is 0 Å². The Balaban J connectivity index is 1.86. The lowest BCUT2D eigenvalue weighted by Gasteiger charge is -2.05. The zero-order chi connectivity index (χ0) is 11.9. The van der Waals surface area contributed by atoms with E-state index in [9.17, 15) is 0 Å². The lowest BCUT2D eigenvalue weighted by Crippen LogP contribution is -1.98. The number of nitrogens with zero attached hydrogens (tertiary/aromatic N) is 1. The number of rotatable bonds is 5. The van der Waals surface area contributed by atoms with Gasteiger partial charge < -0.3 is 10.1 Å². The van der Waals surface area contributed by atoms with Crippen molar-refractivity contribution in [1.29, 1.82) is 0 Å². The molecular formula is C14H16N2O. The molecular weight excluding hydrogens is 212 g/mol. The summed E-state index contributed by atoms with van der Waals surface area (Å²) in [4.78, 5) is 4.25. The van der Waals surface area contributed by atoms with Crippen LogP contribution in [0, 0.1) is 0 Å². The summed E-state index contributed by atoms with van der Waals surface area (Å²) < 4.78 is 5.61. The van der Waals surface area contributed by atoms with Gasteiger partial charge in [-0.1, -0.05) is 30.3 Å². The van der Waals surface area contributed by atoms with Crippen molar-refractivity contribution in [3.05, 3.63) is 59.9 Å². The second-order valence-corrected chi connectivity index (χ2v) is 3.76. The standard InChI is InChI=1S/C14H16N2O/c1-15-13-7-8-16-14(9-13)11-17-10-12-5-3-2-4-6-12/h2-9H,10-11H2,1H3,(H,15,16). The molecule has 0 atom stereocenters. The molecule has 1 aromatic carbocycles. The van der Waals surface area contributed by atoms with Crippen LogP contribution >= 0.6 is 0 Å². The summed E-state index contributed by atoms with van der Waals surface area (Å²) in [6.45, 7) is 1.15. The highest BCUT2D eigenvalue weighted by molar-refractivity contribution is 5.42. The molecule has 17 heavy (non-hydrogen) atoms. The summed E-state index contributed by atoms with van der Waals surface area (Å²) in [7, 11) is 1.89. The number of benzene rings is 1. The Bertz CT molecular complexity index is 457. The van der Waals surface area contributed by atoms with Gasteiger partial charge in [-0.15, -0.1) is 0 Å². The van der Waals surface area contributed by atoms with E-state index in [4.69, 9.17) is 4.74 Å². The Labute approximate surface area is 101 Å². The maximum absolute atomic E-state index is 5.61. The summed E-state index contributed by atoms with van der Waals surface area (Å²) >= 11 is 0. The maximum atomic E-state index is 5.61.